The Bertz CT molecular complexity index is 864. The number of methoxy groups -OCH3 is 1. The number of carbonyl (C=O) groups excluding carboxylic acids is 1. The summed E-state index contributed by atoms with van der Waals surface area (Å²) < 4.78 is 5.08. The summed E-state index contributed by atoms with van der Waals surface area (Å²) in [7, 11) is 1.49. The van der Waals surface area contributed by atoms with Gasteiger partial charge in [0.2, 0.25) is 6.08 Å². The molecule has 0 saturated carbocycles. The van der Waals surface area contributed by atoms with E-state index in [4.69, 9.17) is 4.74 Å². The first kappa shape index (κ1) is 12.9. The van der Waals surface area contributed by atoms with Crippen molar-refractivity contribution >= 4 is 22.8 Å². The van der Waals surface area contributed by atoms with Gasteiger partial charge in [-0.3, -0.25) is 0 Å². The Hall–Kier alpha value is -3.11. The highest BCUT2D eigenvalue weighted by molar-refractivity contribution is 5.82. The number of rotatable bonds is 3. The third kappa shape index (κ3) is 2.35. The molecule has 2 aromatic carbocycles. The van der Waals surface area contributed by atoms with Crippen LogP contribution in [-0.4, -0.2) is 28.3 Å². The number of nitrogens with zero attached hydrogens (tertiary/aromatic N) is 2. The zero-order valence-electron chi connectivity index (χ0n) is 11.1. The lowest BCUT2D eigenvalue weighted by Crippen LogP contribution is -1.86. The molecule has 0 fully saturated rings. The molecule has 21 heavy (non-hydrogen) atoms. The van der Waals surface area contributed by atoms with Crippen LogP contribution >= 0.6 is 0 Å². The number of nitrogens with one attached hydrogen (secondary N) is 1. The van der Waals surface area contributed by atoms with Crippen LogP contribution < -0.4 is 4.74 Å². The molecular weight excluding hydrogens is 270 g/mol. The number of H-pyrrole nitrogens is 1. The SMILES string of the molecule is COc1cc(-c2nc3ccc(N=C=O)cc3[nH]2)ccc1O. The highest BCUT2D eigenvalue weighted by Gasteiger charge is 2.09. The van der Waals surface area contributed by atoms with Crippen molar-refractivity contribution in [3.8, 4) is 22.9 Å². The standard InChI is InChI=1S/C15H11N3O3/c1-21-14-6-9(2-5-13(14)20)15-17-11-4-3-10(16-8-19)7-12(11)18-15/h2-7,20H,1H3,(H,17,18). The molecule has 3 rings (SSSR count). The molecular formula is C15H11N3O3. The van der Waals surface area contributed by atoms with Gasteiger partial charge < -0.3 is 14.8 Å². The predicted octanol–water partition coefficient (Wildman–Crippen LogP) is 2.91. The van der Waals surface area contributed by atoms with E-state index in [1.807, 2.05) is 0 Å². The topological polar surface area (TPSA) is 87.6 Å². The molecule has 1 aromatic heterocycles. The van der Waals surface area contributed by atoms with E-state index in [1.165, 1.54) is 13.2 Å². The van der Waals surface area contributed by atoms with E-state index in [9.17, 15) is 9.90 Å². The van der Waals surface area contributed by atoms with Gasteiger partial charge >= 0.3 is 0 Å². The normalized spacial score (nSPS) is 10.3. The van der Waals surface area contributed by atoms with Crippen molar-refractivity contribution in [1.82, 2.24) is 9.97 Å². The van der Waals surface area contributed by atoms with E-state index in [0.717, 1.165) is 16.6 Å². The molecule has 0 bridgehead atoms. The van der Waals surface area contributed by atoms with Crippen LogP contribution in [0, 0.1) is 0 Å². The second-order valence-corrected chi connectivity index (χ2v) is 4.38. The molecule has 0 spiro atoms. The summed E-state index contributed by atoms with van der Waals surface area (Å²) >= 11 is 0. The summed E-state index contributed by atoms with van der Waals surface area (Å²) in [4.78, 5) is 21.5. The van der Waals surface area contributed by atoms with E-state index in [1.54, 1.807) is 36.4 Å². The lowest BCUT2D eigenvalue weighted by atomic mass is 10.2. The van der Waals surface area contributed by atoms with E-state index in [2.05, 4.69) is 15.0 Å². The highest BCUT2D eigenvalue weighted by Crippen LogP contribution is 2.31. The molecule has 104 valence electrons. The van der Waals surface area contributed by atoms with E-state index < -0.39 is 0 Å². The molecule has 0 unspecified atom stereocenters. The molecule has 0 aliphatic heterocycles. The Morgan fingerprint density at radius 1 is 1.29 bits per heavy atom. The second kappa shape index (κ2) is 5.11. The zero-order valence-corrected chi connectivity index (χ0v) is 11.1. The Kier molecular flexibility index (Phi) is 3.14. The summed E-state index contributed by atoms with van der Waals surface area (Å²) in [6, 6.07) is 10.1. The fraction of sp³-hybridized carbons (Fsp3) is 0.0667. The van der Waals surface area contributed by atoms with Crippen molar-refractivity contribution in [2.45, 2.75) is 0 Å². The smallest absolute Gasteiger partial charge is 0.240 e. The minimum absolute atomic E-state index is 0.0694. The fourth-order valence-electron chi connectivity index (χ4n) is 2.08. The first-order valence-electron chi connectivity index (χ1n) is 6.16. The van der Waals surface area contributed by atoms with Crippen molar-refractivity contribution in [3.63, 3.8) is 0 Å². The van der Waals surface area contributed by atoms with Crippen LogP contribution in [0.15, 0.2) is 41.4 Å². The van der Waals surface area contributed by atoms with Crippen LogP contribution in [0.3, 0.4) is 0 Å². The number of imidazole rings is 1. The molecule has 0 saturated heterocycles. The number of aromatic nitrogens is 2. The quantitative estimate of drug-likeness (QED) is 0.570. The number of aromatic hydroxyl groups is 1. The van der Waals surface area contributed by atoms with Gasteiger partial charge in [0.1, 0.15) is 5.82 Å². The number of hydrogen-bond acceptors (Lipinski definition) is 5. The van der Waals surface area contributed by atoms with Crippen LogP contribution in [0.1, 0.15) is 0 Å². The van der Waals surface area contributed by atoms with Gasteiger partial charge in [-0.1, -0.05) is 0 Å². The Labute approximate surface area is 119 Å². The van der Waals surface area contributed by atoms with Crippen molar-refractivity contribution < 1.29 is 14.6 Å². The van der Waals surface area contributed by atoms with E-state index in [0.29, 0.717) is 17.3 Å². The molecule has 2 N–H and O–H groups in total. The number of benzene rings is 2. The molecule has 0 radical (unpaired) electrons. The van der Waals surface area contributed by atoms with Crippen molar-refractivity contribution in [2.24, 2.45) is 4.99 Å². The van der Waals surface area contributed by atoms with E-state index >= 15 is 0 Å². The van der Waals surface area contributed by atoms with Gasteiger partial charge in [-0.05, 0) is 36.4 Å². The van der Waals surface area contributed by atoms with Crippen LogP contribution in [0.25, 0.3) is 22.4 Å². The van der Waals surface area contributed by atoms with Gasteiger partial charge in [0.25, 0.3) is 0 Å². The number of ether oxygens (including phenoxy) is 1. The van der Waals surface area contributed by atoms with Crippen LogP contribution in [0.2, 0.25) is 0 Å². The van der Waals surface area contributed by atoms with Crippen LogP contribution in [0.4, 0.5) is 5.69 Å². The molecule has 0 amide bonds. The van der Waals surface area contributed by atoms with Gasteiger partial charge in [-0.2, -0.15) is 4.99 Å². The largest absolute Gasteiger partial charge is 0.504 e. The number of aliphatic imine (C=N–C) groups is 1. The molecule has 0 aliphatic carbocycles. The molecule has 0 atom stereocenters. The average molecular weight is 281 g/mol. The van der Waals surface area contributed by atoms with Crippen LogP contribution in [0.5, 0.6) is 11.5 Å². The highest BCUT2D eigenvalue weighted by atomic mass is 16.5. The Balaban J connectivity index is 2.10. The minimum atomic E-state index is 0.0694. The molecule has 6 heteroatoms. The van der Waals surface area contributed by atoms with Gasteiger partial charge in [0.05, 0.1) is 23.8 Å². The first-order valence-corrected chi connectivity index (χ1v) is 6.16. The third-order valence-corrected chi connectivity index (χ3v) is 3.09. The maximum Gasteiger partial charge on any atom is 0.240 e. The zero-order chi connectivity index (χ0) is 14.8. The number of aromatic amines is 1. The average Bonchev–Trinajstić information content (AvgIpc) is 2.91. The number of phenolic OH excluding ortho intramolecular Hbond substituents is 1. The molecule has 1 heterocycles. The van der Waals surface area contributed by atoms with Crippen LogP contribution in [-0.2, 0) is 4.79 Å². The number of fused-ring (bicyclic) bond motifs is 1. The van der Waals surface area contributed by atoms with Gasteiger partial charge in [0, 0.05) is 5.56 Å². The third-order valence-electron chi connectivity index (χ3n) is 3.09. The number of phenols is 1. The lowest BCUT2D eigenvalue weighted by molar-refractivity contribution is 0.373. The van der Waals surface area contributed by atoms with Gasteiger partial charge in [-0.25, -0.2) is 9.78 Å². The fourth-order valence-corrected chi connectivity index (χ4v) is 2.08. The molecule has 3 aromatic rings. The predicted molar refractivity (Wildman–Crippen MR) is 77.5 cm³/mol. The minimum Gasteiger partial charge on any atom is -0.504 e. The Morgan fingerprint density at radius 3 is 2.90 bits per heavy atom. The van der Waals surface area contributed by atoms with Gasteiger partial charge in [-0.15, -0.1) is 0 Å². The van der Waals surface area contributed by atoms with Gasteiger partial charge in [0.15, 0.2) is 11.5 Å². The van der Waals surface area contributed by atoms with Crippen molar-refractivity contribution in [3.05, 3.63) is 36.4 Å². The summed E-state index contributed by atoms with van der Waals surface area (Å²) in [6.07, 6.45) is 1.50. The maximum atomic E-state index is 10.3. The summed E-state index contributed by atoms with van der Waals surface area (Å²) in [5.41, 5.74) is 2.80. The first-order chi connectivity index (χ1) is 10.2. The lowest BCUT2D eigenvalue weighted by Gasteiger charge is -2.04. The Morgan fingerprint density at radius 2 is 2.14 bits per heavy atom. The monoisotopic (exact) mass is 281 g/mol. The molecule has 6 nitrogen and oxygen atoms in total. The summed E-state index contributed by atoms with van der Waals surface area (Å²) in [5, 5.41) is 9.61. The van der Waals surface area contributed by atoms with Crippen molar-refractivity contribution in [1.29, 1.82) is 0 Å². The number of isocyanates is 1. The molecule has 0 aliphatic rings. The van der Waals surface area contributed by atoms with Crippen molar-refractivity contribution in [2.75, 3.05) is 7.11 Å². The summed E-state index contributed by atoms with van der Waals surface area (Å²) in [6.45, 7) is 0. The second-order valence-electron chi connectivity index (χ2n) is 4.38. The maximum absolute atomic E-state index is 10.3. The number of hydrogen-bond donors (Lipinski definition) is 2. The van der Waals surface area contributed by atoms with E-state index in [-0.39, 0.29) is 5.75 Å². The summed E-state index contributed by atoms with van der Waals surface area (Å²) in [5.74, 6) is 1.08.